The number of nitrogens with zero attached hydrogens (tertiary/aromatic N) is 4. The van der Waals surface area contributed by atoms with Gasteiger partial charge in [0.25, 0.3) is 10.2 Å². The van der Waals surface area contributed by atoms with Crippen LogP contribution in [0.3, 0.4) is 0 Å². The Hall–Kier alpha value is -0.960. The Kier molecular flexibility index (Phi) is 5.12. The maximum Gasteiger partial charge on any atom is 0.282 e. The minimum Gasteiger partial charge on any atom is -0.347 e. The van der Waals surface area contributed by atoms with Crippen LogP contribution in [-0.4, -0.2) is 71.2 Å². The molecule has 1 N–H and O–H groups in total. The van der Waals surface area contributed by atoms with Gasteiger partial charge >= 0.3 is 0 Å². The topological polar surface area (TPSA) is 72.5 Å². The Morgan fingerprint density at radius 2 is 1.68 bits per heavy atom. The Bertz CT molecular complexity index is 554. The van der Waals surface area contributed by atoms with Crippen LogP contribution in [-0.2, 0) is 16.8 Å². The first-order valence-corrected chi connectivity index (χ1v) is 9.51. The van der Waals surface area contributed by atoms with E-state index in [0.29, 0.717) is 26.2 Å². The van der Waals surface area contributed by atoms with E-state index in [9.17, 15) is 8.42 Å². The fraction of sp³-hybridized carbons (Fsp3) is 0.786. The van der Waals surface area contributed by atoms with E-state index in [1.807, 2.05) is 6.20 Å². The smallest absolute Gasteiger partial charge is 0.282 e. The molecule has 0 spiro atoms. The first-order chi connectivity index (χ1) is 10.7. The van der Waals surface area contributed by atoms with Gasteiger partial charge in [0.15, 0.2) is 0 Å². The molecular weight excluding hydrogens is 302 g/mol. The van der Waals surface area contributed by atoms with Gasteiger partial charge in [0, 0.05) is 51.2 Å². The highest BCUT2D eigenvalue weighted by atomic mass is 32.2. The lowest BCUT2D eigenvalue weighted by Gasteiger charge is -2.31. The predicted molar refractivity (Wildman–Crippen MR) is 84.4 cm³/mol. The van der Waals surface area contributed by atoms with Crippen LogP contribution in [0.1, 0.15) is 31.4 Å². The van der Waals surface area contributed by atoms with Gasteiger partial charge in [-0.2, -0.15) is 17.0 Å². The molecule has 3 rings (SSSR count). The first-order valence-electron chi connectivity index (χ1n) is 8.11. The summed E-state index contributed by atoms with van der Waals surface area (Å²) >= 11 is 0. The molecule has 3 heterocycles. The molecule has 0 unspecified atom stereocenters. The molecule has 0 aromatic carbocycles. The van der Waals surface area contributed by atoms with Gasteiger partial charge in [-0.05, 0) is 25.8 Å². The van der Waals surface area contributed by atoms with Gasteiger partial charge < -0.3 is 4.98 Å². The van der Waals surface area contributed by atoms with E-state index < -0.39 is 10.2 Å². The van der Waals surface area contributed by atoms with Crippen molar-refractivity contribution in [3.63, 3.8) is 0 Å². The highest BCUT2D eigenvalue weighted by Crippen LogP contribution is 2.18. The second-order valence-corrected chi connectivity index (χ2v) is 8.00. The monoisotopic (exact) mass is 327 g/mol. The normalized spacial score (nSPS) is 23.5. The average molecular weight is 327 g/mol. The Morgan fingerprint density at radius 1 is 0.955 bits per heavy atom. The molecule has 0 aliphatic carbocycles. The lowest BCUT2D eigenvalue weighted by atomic mass is 10.2. The number of H-pyrrole nitrogens is 1. The molecular formula is C14H25N5O2S. The minimum atomic E-state index is -3.27. The maximum absolute atomic E-state index is 12.7. The highest BCUT2D eigenvalue weighted by Gasteiger charge is 2.31. The van der Waals surface area contributed by atoms with E-state index in [1.165, 1.54) is 0 Å². The van der Waals surface area contributed by atoms with Gasteiger partial charge in [0.1, 0.15) is 0 Å². The third-order valence-corrected chi connectivity index (χ3v) is 6.50. The van der Waals surface area contributed by atoms with Crippen LogP contribution < -0.4 is 0 Å². The van der Waals surface area contributed by atoms with Gasteiger partial charge in [-0.25, -0.2) is 4.98 Å². The Labute approximate surface area is 132 Å². The maximum atomic E-state index is 12.7. The largest absolute Gasteiger partial charge is 0.347 e. The molecule has 2 fully saturated rings. The van der Waals surface area contributed by atoms with Gasteiger partial charge in [-0.15, -0.1) is 0 Å². The standard InChI is InChI=1S/C14H25N5O2S/c20-22(21,18-6-2-1-3-7-18)19-8-4-5-17(9-10-19)12-14-11-15-13-16-14/h11,13H,1-10,12H2,(H,15,16). The number of piperidine rings is 1. The number of aromatic nitrogens is 2. The summed E-state index contributed by atoms with van der Waals surface area (Å²) in [5, 5.41) is 0. The van der Waals surface area contributed by atoms with E-state index in [0.717, 1.165) is 51.0 Å². The van der Waals surface area contributed by atoms with Crippen molar-refractivity contribution < 1.29 is 8.42 Å². The summed E-state index contributed by atoms with van der Waals surface area (Å²) in [6, 6.07) is 0. The van der Waals surface area contributed by atoms with E-state index in [4.69, 9.17) is 0 Å². The number of hydrogen-bond acceptors (Lipinski definition) is 4. The molecule has 0 saturated carbocycles. The second-order valence-electron chi connectivity index (χ2n) is 6.07. The molecule has 0 atom stereocenters. The van der Waals surface area contributed by atoms with Gasteiger partial charge in [0.2, 0.25) is 0 Å². The zero-order valence-electron chi connectivity index (χ0n) is 12.9. The summed E-state index contributed by atoms with van der Waals surface area (Å²) < 4.78 is 28.8. The molecule has 0 amide bonds. The number of imidazole rings is 1. The highest BCUT2D eigenvalue weighted by molar-refractivity contribution is 7.86. The van der Waals surface area contributed by atoms with Crippen molar-refractivity contribution in [3.8, 4) is 0 Å². The van der Waals surface area contributed by atoms with Crippen LogP contribution in [0.15, 0.2) is 12.5 Å². The van der Waals surface area contributed by atoms with Crippen molar-refractivity contribution in [1.82, 2.24) is 23.5 Å². The van der Waals surface area contributed by atoms with Crippen molar-refractivity contribution in [1.29, 1.82) is 0 Å². The van der Waals surface area contributed by atoms with Crippen molar-refractivity contribution in [2.24, 2.45) is 0 Å². The van der Waals surface area contributed by atoms with Crippen molar-refractivity contribution in [3.05, 3.63) is 18.2 Å². The summed E-state index contributed by atoms with van der Waals surface area (Å²) in [5.41, 5.74) is 1.08. The van der Waals surface area contributed by atoms with Crippen molar-refractivity contribution >= 4 is 10.2 Å². The van der Waals surface area contributed by atoms with E-state index in [1.54, 1.807) is 14.9 Å². The molecule has 8 heteroatoms. The van der Waals surface area contributed by atoms with Crippen LogP contribution in [0.4, 0.5) is 0 Å². The molecule has 2 saturated heterocycles. The van der Waals surface area contributed by atoms with Crippen LogP contribution in [0.5, 0.6) is 0 Å². The SMILES string of the molecule is O=S(=O)(N1CCCCC1)N1CCCN(Cc2cnc[nH]2)CC1. The number of hydrogen-bond donors (Lipinski definition) is 1. The van der Waals surface area contributed by atoms with Crippen molar-refractivity contribution in [2.75, 3.05) is 39.3 Å². The summed E-state index contributed by atoms with van der Waals surface area (Å²) in [5.74, 6) is 0. The molecule has 7 nitrogen and oxygen atoms in total. The Morgan fingerprint density at radius 3 is 2.41 bits per heavy atom. The number of aromatic amines is 1. The molecule has 22 heavy (non-hydrogen) atoms. The van der Waals surface area contributed by atoms with Crippen LogP contribution in [0.2, 0.25) is 0 Å². The summed E-state index contributed by atoms with van der Waals surface area (Å²) in [6.45, 7) is 5.05. The molecule has 1 aromatic heterocycles. The van der Waals surface area contributed by atoms with E-state index in [2.05, 4.69) is 14.9 Å². The Balaban J connectivity index is 1.59. The summed E-state index contributed by atoms with van der Waals surface area (Å²) in [6.07, 6.45) is 7.50. The predicted octanol–water partition coefficient (Wildman–Crippen LogP) is 0.648. The fourth-order valence-corrected chi connectivity index (χ4v) is 4.93. The van der Waals surface area contributed by atoms with Gasteiger partial charge in [0.05, 0.1) is 6.33 Å². The molecule has 1 aromatic rings. The van der Waals surface area contributed by atoms with Gasteiger partial charge in [-0.3, -0.25) is 4.90 Å². The van der Waals surface area contributed by atoms with E-state index >= 15 is 0 Å². The molecule has 0 radical (unpaired) electrons. The number of nitrogens with one attached hydrogen (secondary N) is 1. The first kappa shape index (κ1) is 15.9. The fourth-order valence-electron chi connectivity index (χ4n) is 3.21. The third-order valence-electron chi connectivity index (χ3n) is 4.46. The minimum absolute atomic E-state index is 0.576. The van der Waals surface area contributed by atoms with Crippen LogP contribution >= 0.6 is 0 Å². The van der Waals surface area contributed by atoms with E-state index in [-0.39, 0.29) is 0 Å². The molecule has 124 valence electrons. The molecule has 2 aliphatic rings. The van der Waals surface area contributed by atoms with Crippen LogP contribution in [0, 0.1) is 0 Å². The van der Waals surface area contributed by atoms with Crippen LogP contribution in [0.25, 0.3) is 0 Å². The van der Waals surface area contributed by atoms with Crippen molar-refractivity contribution in [2.45, 2.75) is 32.2 Å². The number of rotatable bonds is 4. The molecule has 2 aliphatic heterocycles. The average Bonchev–Trinajstić information content (AvgIpc) is 2.92. The second kappa shape index (κ2) is 7.08. The van der Waals surface area contributed by atoms with Gasteiger partial charge in [-0.1, -0.05) is 6.42 Å². The summed E-state index contributed by atoms with van der Waals surface area (Å²) in [4.78, 5) is 9.43. The lowest BCUT2D eigenvalue weighted by molar-refractivity contribution is 0.270. The molecule has 0 bridgehead atoms. The zero-order chi connectivity index (χ0) is 15.4. The lowest BCUT2D eigenvalue weighted by Crippen LogP contribution is -2.47. The third kappa shape index (κ3) is 3.68. The summed E-state index contributed by atoms with van der Waals surface area (Å²) in [7, 11) is -3.27. The zero-order valence-corrected chi connectivity index (χ0v) is 13.8. The quantitative estimate of drug-likeness (QED) is 0.881.